The first kappa shape index (κ1) is 20.0. The number of carbonyl (C=O) groups excluding carboxylic acids is 1. The topological polar surface area (TPSA) is 50.8 Å². The van der Waals surface area contributed by atoms with E-state index in [4.69, 9.17) is 9.47 Å². The maximum atomic E-state index is 12.6. The average molecular weight is 380 g/mol. The molecule has 3 rings (SSSR count). The molecule has 5 nitrogen and oxygen atoms in total. The van der Waals surface area contributed by atoms with Crippen molar-refractivity contribution in [3.8, 4) is 11.5 Å². The van der Waals surface area contributed by atoms with Crippen LogP contribution in [0.25, 0.3) is 0 Å². The van der Waals surface area contributed by atoms with Gasteiger partial charge in [-0.15, -0.1) is 0 Å². The van der Waals surface area contributed by atoms with Crippen LogP contribution in [0.5, 0.6) is 11.5 Å². The normalized spacial score (nSPS) is 15.0. The Morgan fingerprint density at radius 2 is 1.93 bits per heavy atom. The third-order valence-corrected chi connectivity index (χ3v) is 5.00. The van der Waals surface area contributed by atoms with E-state index in [0.717, 1.165) is 30.2 Å². The Balaban J connectivity index is 1.67. The lowest BCUT2D eigenvalue weighted by Crippen LogP contribution is -2.36. The molecule has 5 heteroatoms. The summed E-state index contributed by atoms with van der Waals surface area (Å²) in [5, 5.41) is 3.10. The minimum atomic E-state index is -0.0811. The molecule has 1 aliphatic heterocycles. The number of hydrogen-bond donors (Lipinski definition) is 1. The van der Waals surface area contributed by atoms with Crippen LogP contribution in [0.15, 0.2) is 61.2 Å². The van der Waals surface area contributed by atoms with Crippen molar-refractivity contribution in [1.82, 2.24) is 10.2 Å². The van der Waals surface area contributed by atoms with E-state index < -0.39 is 0 Å². The Bertz CT molecular complexity index is 783. The molecule has 148 valence electrons. The van der Waals surface area contributed by atoms with Crippen molar-refractivity contribution in [1.29, 1.82) is 0 Å². The summed E-state index contributed by atoms with van der Waals surface area (Å²) in [5.74, 6) is 1.48. The van der Waals surface area contributed by atoms with Crippen LogP contribution in [-0.2, 0) is 0 Å². The van der Waals surface area contributed by atoms with Gasteiger partial charge >= 0.3 is 0 Å². The summed E-state index contributed by atoms with van der Waals surface area (Å²) in [6, 6.07) is 15.4. The minimum absolute atomic E-state index is 0.0811. The van der Waals surface area contributed by atoms with Crippen molar-refractivity contribution in [2.45, 2.75) is 18.9 Å². The number of amides is 1. The number of hydrogen-bond acceptors (Lipinski definition) is 4. The van der Waals surface area contributed by atoms with Gasteiger partial charge in [-0.2, -0.15) is 0 Å². The van der Waals surface area contributed by atoms with E-state index in [9.17, 15) is 4.79 Å². The van der Waals surface area contributed by atoms with Gasteiger partial charge in [0.15, 0.2) is 0 Å². The summed E-state index contributed by atoms with van der Waals surface area (Å²) >= 11 is 0. The molecular weight excluding hydrogens is 352 g/mol. The van der Waals surface area contributed by atoms with E-state index in [0.29, 0.717) is 18.7 Å². The monoisotopic (exact) mass is 380 g/mol. The van der Waals surface area contributed by atoms with Crippen LogP contribution < -0.4 is 14.8 Å². The molecule has 0 spiro atoms. The largest absolute Gasteiger partial charge is 0.497 e. The summed E-state index contributed by atoms with van der Waals surface area (Å²) in [4.78, 5) is 15.1. The molecule has 0 bridgehead atoms. The Labute approximate surface area is 167 Å². The second-order valence-corrected chi connectivity index (χ2v) is 6.87. The maximum Gasteiger partial charge on any atom is 0.251 e. The molecule has 1 atom stereocenters. The molecule has 0 aliphatic carbocycles. The molecular formula is C23H28N2O3. The smallest absolute Gasteiger partial charge is 0.251 e. The number of benzene rings is 2. The fraction of sp³-hybridized carbons (Fsp3) is 0.348. The number of methoxy groups -OCH3 is 1. The molecule has 0 unspecified atom stereocenters. The van der Waals surface area contributed by atoms with Crippen LogP contribution >= 0.6 is 0 Å². The van der Waals surface area contributed by atoms with Crippen molar-refractivity contribution in [3.63, 3.8) is 0 Å². The number of nitrogens with one attached hydrogen (secondary N) is 1. The summed E-state index contributed by atoms with van der Waals surface area (Å²) in [6.45, 7) is 6.73. The Morgan fingerprint density at radius 1 is 1.18 bits per heavy atom. The second-order valence-electron chi connectivity index (χ2n) is 6.87. The van der Waals surface area contributed by atoms with Crippen LogP contribution in [0.4, 0.5) is 0 Å². The Morgan fingerprint density at radius 3 is 2.61 bits per heavy atom. The molecule has 1 amide bonds. The molecule has 28 heavy (non-hydrogen) atoms. The van der Waals surface area contributed by atoms with E-state index in [-0.39, 0.29) is 11.9 Å². The van der Waals surface area contributed by atoms with Gasteiger partial charge in [-0.3, -0.25) is 9.69 Å². The van der Waals surface area contributed by atoms with Crippen LogP contribution in [0, 0.1) is 0 Å². The second kappa shape index (κ2) is 9.95. The third kappa shape index (κ3) is 5.14. The molecule has 2 aromatic rings. The molecule has 1 N–H and O–H groups in total. The fourth-order valence-corrected chi connectivity index (χ4v) is 3.51. The fourth-order valence-electron chi connectivity index (χ4n) is 3.51. The molecule has 1 fully saturated rings. The van der Waals surface area contributed by atoms with Crippen LogP contribution in [0.3, 0.4) is 0 Å². The summed E-state index contributed by atoms with van der Waals surface area (Å²) in [7, 11) is 1.67. The zero-order valence-corrected chi connectivity index (χ0v) is 16.4. The highest BCUT2D eigenvalue weighted by atomic mass is 16.5. The van der Waals surface area contributed by atoms with Gasteiger partial charge in [0.1, 0.15) is 18.1 Å². The molecule has 0 radical (unpaired) electrons. The maximum absolute atomic E-state index is 12.6. The highest BCUT2D eigenvalue weighted by molar-refractivity contribution is 5.94. The van der Waals surface area contributed by atoms with Crippen molar-refractivity contribution >= 4 is 5.91 Å². The van der Waals surface area contributed by atoms with E-state index in [1.807, 2.05) is 12.1 Å². The predicted octanol–water partition coefficient (Wildman–Crippen LogP) is 3.83. The zero-order valence-electron chi connectivity index (χ0n) is 16.4. The SMILES string of the molecule is C=CCOc1ccc(C(=O)NC[C@@H](c2cccc(OC)c2)N2CCCC2)cc1. The van der Waals surface area contributed by atoms with Gasteiger partial charge in [-0.05, 0) is 67.9 Å². The number of likely N-dealkylation sites (tertiary alicyclic amines) is 1. The number of nitrogens with zero attached hydrogens (tertiary/aromatic N) is 1. The van der Waals surface area contributed by atoms with Gasteiger partial charge < -0.3 is 14.8 Å². The first-order valence-corrected chi connectivity index (χ1v) is 9.71. The molecule has 1 heterocycles. The van der Waals surface area contributed by atoms with E-state index in [1.54, 1.807) is 37.5 Å². The first-order valence-electron chi connectivity index (χ1n) is 9.71. The number of ether oxygens (including phenoxy) is 2. The minimum Gasteiger partial charge on any atom is -0.497 e. The molecule has 0 aromatic heterocycles. The number of rotatable bonds is 9. The lowest BCUT2D eigenvalue weighted by Gasteiger charge is -2.28. The molecule has 1 saturated heterocycles. The van der Waals surface area contributed by atoms with Crippen LogP contribution in [-0.4, -0.2) is 44.2 Å². The molecule has 1 aliphatic rings. The van der Waals surface area contributed by atoms with Crippen molar-refractivity contribution in [2.75, 3.05) is 33.4 Å². The highest BCUT2D eigenvalue weighted by Crippen LogP contribution is 2.27. The van der Waals surface area contributed by atoms with Gasteiger partial charge in [0, 0.05) is 12.1 Å². The van der Waals surface area contributed by atoms with Gasteiger partial charge in [0.05, 0.1) is 13.2 Å². The highest BCUT2D eigenvalue weighted by Gasteiger charge is 2.24. The van der Waals surface area contributed by atoms with Crippen molar-refractivity contribution < 1.29 is 14.3 Å². The Hall–Kier alpha value is -2.79. The van der Waals surface area contributed by atoms with Crippen molar-refractivity contribution in [2.24, 2.45) is 0 Å². The quantitative estimate of drug-likeness (QED) is 0.672. The number of carbonyl (C=O) groups is 1. The van der Waals surface area contributed by atoms with Crippen LogP contribution in [0.1, 0.15) is 34.8 Å². The summed E-state index contributed by atoms with van der Waals surface area (Å²) in [5.41, 5.74) is 1.78. The first-order chi connectivity index (χ1) is 13.7. The summed E-state index contributed by atoms with van der Waals surface area (Å²) in [6.07, 6.45) is 4.08. The van der Waals surface area contributed by atoms with Gasteiger partial charge in [-0.25, -0.2) is 0 Å². The lowest BCUT2D eigenvalue weighted by molar-refractivity contribution is 0.0938. The average Bonchev–Trinajstić information content (AvgIpc) is 3.27. The van der Waals surface area contributed by atoms with Gasteiger partial charge in [0.2, 0.25) is 0 Å². The van der Waals surface area contributed by atoms with Gasteiger partial charge in [-0.1, -0.05) is 24.8 Å². The standard InChI is InChI=1S/C23H28N2O3/c1-3-15-28-20-11-9-18(10-12-20)23(26)24-17-22(25-13-4-5-14-25)19-7-6-8-21(16-19)27-2/h3,6-12,16,22H,1,4-5,13-15,17H2,2H3,(H,24,26)/t22-/m0/s1. The summed E-state index contributed by atoms with van der Waals surface area (Å²) < 4.78 is 10.8. The Kier molecular flexibility index (Phi) is 7.09. The third-order valence-electron chi connectivity index (χ3n) is 5.00. The molecule has 2 aromatic carbocycles. The zero-order chi connectivity index (χ0) is 19.8. The van der Waals surface area contributed by atoms with Crippen LogP contribution in [0.2, 0.25) is 0 Å². The predicted molar refractivity (Wildman–Crippen MR) is 111 cm³/mol. The van der Waals surface area contributed by atoms with E-state index in [1.165, 1.54) is 12.8 Å². The van der Waals surface area contributed by atoms with Gasteiger partial charge in [0.25, 0.3) is 5.91 Å². The molecule has 0 saturated carbocycles. The lowest BCUT2D eigenvalue weighted by atomic mass is 10.0. The van der Waals surface area contributed by atoms with E-state index >= 15 is 0 Å². The van der Waals surface area contributed by atoms with Crippen molar-refractivity contribution in [3.05, 3.63) is 72.3 Å². The van der Waals surface area contributed by atoms with E-state index in [2.05, 4.69) is 28.9 Å².